The van der Waals surface area contributed by atoms with Crippen LogP contribution in [-0.4, -0.2) is 11.0 Å². The summed E-state index contributed by atoms with van der Waals surface area (Å²) in [5.74, 6) is 0.517. The molecular formula is C8H9BrN2. The largest absolute Gasteiger partial charge is 0.327 e. The van der Waals surface area contributed by atoms with E-state index < -0.39 is 0 Å². The van der Waals surface area contributed by atoms with Gasteiger partial charge in [-0.3, -0.25) is 4.98 Å². The van der Waals surface area contributed by atoms with Crippen LogP contribution in [-0.2, 0) is 0 Å². The summed E-state index contributed by atoms with van der Waals surface area (Å²) in [7, 11) is 0. The first-order chi connectivity index (χ1) is 5.27. The highest BCUT2D eigenvalue weighted by atomic mass is 79.9. The number of nitrogens with zero attached hydrogens (tertiary/aromatic N) is 1. The molecule has 1 aliphatic rings. The van der Waals surface area contributed by atoms with Crippen LogP contribution in [0.3, 0.4) is 0 Å². The van der Waals surface area contributed by atoms with Gasteiger partial charge in [0, 0.05) is 28.3 Å². The molecule has 0 saturated heterocycles. The fourth-order valence-corrected chi connectivity index (χ4v) is 1.40. The molecule has 1 heterocycles. The molecule has 2 N–H and O–H groups in total. The van der Waals surface area contributed by atoms with E-state index in [4.69, 9.17) is 5.73 Å². The molecule has 11 heavy (non-hydrogen) atoms. The molecule has 58 valence electrons. The summed E-state index contributed by atoms with van der Waals surface area (Å²) >= 11 is 3.34. The highest BCUT2D eigenvalue weighted by Gasteiger charge is 2.35. The van der Waals surface area contributed by atoms with E-state index in [0.717, 1.165) is 16.6 Å². The van der Waals surface area contributed by atoms with Crippen molar-refractivity contribution in [3.63, 3.8) is 0 Å². The van der Waals surface area contributed by atoms with E-state index in [-0.39, 0.29) is 0 Å². The van der Waals surface area contributed by atoms with Crippen LogP contribution >= 0.6 is 15.9 Å². The standard InChI is InChI=1S/C8H9BrN2/c9-5-1-2-8(11-4-5)6-3-7(6)10/h1-2,4,6-7H,3,10H2/t6-,7-/m1/s1. The van der Waals surface area contributed by atoms with Crippen molar-refractivity contribution in [3.8, 4) is 0 Å². The summed E-state index contributed by atoms with van der Waals surface area (Å²) in [4.78, 5) is 4.26. The maximum Gasteiger partial charge on any atom is 0.0451 e. The van der Waals surface area contributed by atoms with Gasteiger partial charge in [-0.05, 0) is 34.5 Å². The van der Waals surface area contributed by atoms with Crippen molar-refractivity contribution in [2.75, 3.05) is 0 Å². The summed E-state index contributed by atoms with van der Waals surface area (Å²) in [5, 5.41) is 0. The zero-order chi connectivity index (χ0) is 7.84. The summed E-state index contributed by atoms with van der Waals surface area (Å²) in [5.41, 5.74) is 6.81. The van der Waals surface area contributed by atoms with Crippen LogP contribution < -0.4 is 5.73 Å². The van der Waals surface area contributed by atoms with Crippen LogP contribution in [0.1, 0.15) is 18.0 Å². The van der Waals surface area contributed by atoms with Gasteiger partial charge >= 0.3 is 0 Å². The Bertz CT molecular complexity index is 257. The van der Waals surface area contributed by atoms with Crippen molar-refractivity contribution in [1.82, 2.24) is 4.98 Å². The first-order valence-corrected chi connectivity index (χ1v) is 4.43. The van der Waals surface area contributed by atoms with Crippen molar-refractivity contribution < 1.29 is 0 Å². The van der Waals surface area contributed by atoms with Gasteiger partial charge in [-0.1, -0.05) is 0 Å². The predicted octanol–water partition coefficient (Wildman–Crippen LogP) is 1.66. The van der Waals surface area contributed by atoms with Gasteiger partial charge < -0.3 is 5.73 Å². The predicted molar refractivity (Wildman–Crippen MR) is 47.3 cm³/mol. The topological polar surface area (TPSA) is 38.9 Å². The fourth-order valence-electron chi connectivity index (χ4n) is 1.16. The summed E-state index contributed by atoms with van der Waals surface area (Å²) in [6, 6.07) is 4.39. The van der Waals surface area contributed by atoms with E-state index in [2.05, 4.69) is 20.9 Å². The van der Waals surface area contributed by atoms with Crippen molar-refractivity contribution >= 4 is 15.9 Å². The zero-order valence-corrected chi connectivity index (χ0v) is 7.58. The third-order valence-electron chi connectivity index (χ3n) is 1.97. The molecule has 2 atom stereocenters. The van der Waals surface area contributed by atoms with E-state index >= 15 is 0 Å². The molecule has 0 aromatic carbocycles. The Labute approximate surface area is 73.9 Å². The molecule has 0 aliphatic heterocycles. The maximum atomic E-state index is 5.68. The third kappa shape index (κ3) is 1.44. The van der Waals surface area contributed by atoms with Crippen LogP contribution in [0, 0.1) is 0 Å². The molecule has 1 aromatic rings. The molecule has 2 rings (SSSR count). The van der Waals surface area contributed by atoms with Gasteiger partial charge in [0.1, 0.15) is 0 Å². The molecule has 1 saturated carbocycles. The number of pyridine rings is 1. The molecule has 1 aromatic heterocycles. The third-order valence-corrected chi connectivity index (χ3v) is 2.44. The van der Waals surface area contributed by atoms with Crippen LogP contribution in [0.2, 0.25) is 0 Å². The molecule has 1 aliphatic carbocycles. The lowest BCUT2D eigenvalue weighted by Gasteiger charge is -1.95. The Kier molecular flexibility index (Phi) is 1.69. The Morgan fingerprint density at radius 1 is 1.55 bits per heavy atom. The van der Waals surface area contributed by atoms with Gasteiger partial charge in [-0.25, -0.2) is 0 Å². The van der Waals surface area contributed by atoms with Crippen LogP contribution in [0.25, 0.3) is 0 Å². The minimum absolute atomic E-state index is 0.351. The normalized spacial score (nSPS) is 28.5. The quantitative estimate of drug-likeness (QED) is 0.770. The second kappa shape index (κ2) is 2.57. The fraction of sp³-hybridized carbons (Fsp3) is 0.375. The van der Waals surface area contributed by atoms with E-state index in [0.29, 0.717) is 12.0 Å². The van der Waals surface area contributed by atoms with Gasteiger partial charge in [-0.15, -0.1) is 0 Å². The van der Waals surface area contributed by atoms with Crippen LogP contribution in [0.5, 0.6) is 0 Å². The zero-order valence-electron chi connectivity index (χ0n) is 6.00. The number of hydrogen-bond donors (Lipinski definition) is 1. The van der Waals surface area contributed by atoms with Crippen molar-refractivity contribution in [3.05, 3.63) is 28.5 Å². The maximum absolute atomic E-state index is 5.68. The molecule has 0 bridgehead atoms. The van der Waals surface area contributed by atoms with Gasteiger partial charge in [0.05, 0.1) is 0 Å². The Morgan fingerprint density at radius 3 is 2.73 bits per heavy atom. The minimum atomic E-state index is 0.351. The molecular weight excluding hydrogens is 204 g/mol. The molecule has 0 amide bonds. The number of hydrogen-bond acceptors (Lipinski definition) is 2. The van der Waals surface area contributed by atoms with Crippen molar-refractivity contribution in [2.45, 2.75) is 18.4 Å². The average molecular weight is 213 g/mol. The molecule has 0 radical (unpaired) electrons. The molecule has 0 unspecified atom stereocenters. The molecule has 0 spiro atoms. The van der Waals surface area contributed by atoms with E-state index in [1.54, 1.807) is 0 Å². The highest BCUT2D eigenvalue weighted by Crippen LogP contribution is 2.37. The smallest absolute Gasteiger partial charge is 0.0451 e. The first-order valence-electron chi connectivity index (χ1n) is 3.64. The lowest BCUT2D eigenvalue weighted by atomic mass is 10.2. The lowest BCUT2D eigenvalue weighted by Crippen LogP contribution is -2.01. The summed E-state index contributed by atoms with van der Waals surface area (Å²) in [6.45, 7) is 0. The minimum Gasteiger partial charge on any atom is -0.327 e. The van der Waals surface area contributed by atoms with E-state index in [9.17, 15) is 0 Å². The van der Waals surface area contributed by atoms with E-state index in [1.807, 2.05) is 18.3 Å². The van der Waals surface area contributed by atoms with Gasteiger partial charge in [0.2, 0.25) is 0 Å². The van der Waals surface area contributed by atoms with E-state index in [1.165, 1.54) is 0 Å². The second-order valence-corrected chi connectivity index (χ2v) is 3.82. The number of halogens is 1. The average Bonchev–Trinajstić information content (AvgIpc) is 2.69. The number of aromatic nitrogens is 1. The Balaban J connectivity index is 2.21. The van der Waals surface area contributed by atoms with Crippen molar-refractivity contribution in [2.24, 2.45) is 5.73 Å². The second-order valence-electron chi connectivity index (χ2n) is 2.91. The summed E-state index contributed by atoms with van der Waals surface area (Å²) < 4.78 is 1.02. The number of rotatable bonds is 1. The SMILES string of the molecule is N[C@@H]1C[C@H]1c1ccc(Br)cn1. The molecule has 1 fully saturated rings. The van der Waals surface area contributed by atoms with Gasteiger partial charge in [-0.2, -0.15) is 0 Å². The molecule has 3 heteroatoms. The van der Waals surface area contributed by atoms with Gasteiger partial charge in [0.15, 0.2) is 0 Å². The summed E-state index contributed by atoms with van der Waals surface area (Å²) in [6.07, 6.45) is 2.91. The van der Waals surface area contributed by atoms with Gasteiger partial charge in [0.25, 0.3) is 0 Å². The highest BCUT2D eigenvalue weighted by molar-refractivity contribution is 9.10. The lowest BCUT2D eigenvalue weighted by molar-refractivity contribution is 0.943. The first kappa shape index (κ1) is 7.25. The number of nitrogens with two attached hydrogens (primary N) is 1. The molecule has 2 nitrogen and oxygen atoms in total. The van der Waals surface area contributed by atoms with Crippen molar-refractivity contribution in [1.29, 1.82) is 0 Å². The Hall–Kier alpha value is -0.410. The Morgan fingerprint density at radius 2 is 2.27 bits per heavy atom. The van der Waals surface area contributed by atoms with Crippen LogP contribution in [0.15, 0.2) is 22.8 Å². The van der Waals surface area contributed by atoms with Crippen LogP contribution in [0.4, 0.5) is 0 Å². The monoisotopic (exact) mass is 212 g/mol.